The maximum absolute atomic E-state index is 12.7. The van der Waals surface area contributed by atoms with Crippen LogP contribution in [0.5, 0.6) is 0 Å². The summed E-state index contributed by atoms with van der Waals surface area (Å²) in [6.07, 6.45) is 1.35. The van der Waals surface area contributed by atoms with E-state index in [0.717, 1.165) is 4.47 Å². The van der Waals surface area contributed by atoms with Gasteiger partial charge in [0.2, 0.25) is 5.91 Å². The van der Waals surface area contributed by atoms with Gasteiger partial charge in [-0.25, -0.2) is 0 Å². The van der Waals surface area contributed by atoms with E-state index < -0.39 is 17.7 Å². The van der Waals surface area contributed by atoms with Crippen LogP contribution in [-0.2, 0) is 9.59 Å². The fraction of sp³-hybridized carbons (Fsp3) is 0.0588. The number of anilines is 1. The molecule has 3 rings (SSSR count). The molecule has 24 heavy (non-hydrogen) atoms. The molecule has 7 heteroatoms. The Balaban J connectivity index is 1.88. The first-order chi connectivity index (χ1) is 11.6. The molecular formula is C17H12BrN3O2S. The summed E-state index contributed by atoms with van der Waals surface area (Å²) in [6.45, 7) is 0. The zero-order chi connectivity index (χ0) is 17.1. The van der Waals surface area contributed by atoms with Gasteiger partial charge in [-0.2, -0.15) is 0 Å². The number of rotatable bonds is 3. The quantitative estimate of drug-likeness (QED) is 0.487. The highest BCUT2D eigenvalue weighted by atomic mass is 79.9. The topological polar surface area (TPSA) is 61.8 Å². The molecule has 120 valence electrons. The van der Waals surface area contributed by atoms with E-state index in [-0.39, 0.29) is 5.11 Å². The number of halogens is 1. The van der Waals surface area contributed by atoms with Crippen LogP contribution in [0.4, 0.5) is 11.4 Å². The zero-order valence-corrected chi connectivity index (χ0v) is 14.8. The van der Waals surface area contributed by atoms with Crippen molar-refractivity contribution in [3.8, 4) is 0 Å². The molecule has 0 aliphatic carbocycles. The van der Waals surface area contributed by atoms with Crippen LogP contribution in [0.1, 0.15) is 0 Å². The van der Waals surface area contributed by atoms with Crippen LogP contribution in [0.2, 0.25) is 0 Å². The van der Waals surface area contributed by atoms with E-state index in [1.165, 1.54) is 11.1 Å². The molecule has 1 aliphatic heterocycles. The summed E-state index contributed by atoms with van der Waals surface area (Å²) in [4.78, 5) is 30.4. The number of nitrogens with zero attached hydrogens (tertiary/aromatic N) is 2. The SMILES string of the molecule is O=C1NC(=S)N(c2ccc(Br)cc2)C(=O)[C@H]1C=Nc1ccccc1. The van der Waals surface area contributed by atoms with E-state index >= 15 is 0 Å². The van der Waals surface area contributed by atoms with Crippen LogP contribution in [-0.4, -0.2) is 23.1 Å². The fourth-order valence-corrected chi connectivity index (χ4v) is 2.79. The predicted octanol–water partition coefficient (Wildman–Crippen LogP) is 3.22. The first-order valence-electron chi connectivity index (χ1n) is 7.10. The number of nitrogens with one attached hydrogen (secondary N) is 1. The molecule has 1 aliphatic rings. The third-order valence-corrected chi connectivity index (χ3v) is 4.23. The number of carbonyl (C=O) groups excluding carboxylic acids is 2. The van der Waals surface area contributed by atoms with Crippen molar-refractivity contribution in [3.63, 3.8) is 0 Å². The van der Waals surface area contributed by atoms with Crippen molar-refractivity contribution in [2.45, 2.75) is 0 Å². The molecule has 2 amide bonds. The highest BCUT2D eigenvalue weighted by Crippen LogP contribution is 2.23. The molecule has 0 saturated carbocycles. The largest absolute Gasteiger partial charge is 0.301 e. The van der Waals surface area contributed by atoms with Crippen LogP contribution in [0.25, 0.3) is 0 Å². The number of amides is 2. The summed E-state index contributed by atoms with van der Waals surface area (Å²) in [5.74, 6) is -1.93. The van der Waals surface area contributed by atoms with Crippen LogP contribution < -0.4 is 10.2 Å². The first-order valence-corrected chi connectivity index (χ1v) is 8.30. The molecule has 1 saturated heterocycles. The number of carbonyl (C=O) groups is 2. The maximum atomic E-state index is 12.7. The molecule has 1 heterocycles. The van der Waals surface area contributed by atoms with E-state index in [0.29, 0.717) is 11.4 Å². The molecule has 0 radical (unpaired) electrons. The van der Waals surface area contributed by atoms with Crippen molar-refractivity contribution in [2.75, 3.05) is 4.90 Å². The van der Waals surface area contributed by atoms with E-state index in [1.54, 1.807) is 36.4 Å². The Bertz CT molecular complexity index is 821. The molecule has 1 atom stereocenters. The van der Waals surface area contributed by atoms with E-state index in [4.69, 9.17) is 12.2 Å². The lowest BCUT2D eigenvalue weighted by Gasteiger charge is -2.30. The number of thiocarbonyl (C=S) groups is 1. The average Bonchev–Trinajstić information content (AvgIpc) is 2.57. The number of hydrogen-bond donors (Lipinski definition) is 1. The zero-order valence-electron chi connectivity index (χ0n) is 12.3. The van der Waals surface area contributed by atoms with Crippen molar-refractivity contribution in [2.24, 2.45) is 10.9 Å². The Labute approximate surface area is 152 Å². The first kappa shape index (κ1) is 16.5. The Morgan fingerprint density at radius 3 is 2.42 bits per heavy atom. The molecule has 2 aromatic rings. The highest BCUT2D eigenvalue weighted by Gasteiger charge is 2.38. The second-order valence-corrected chi connectivity index (χ2v) is 6.34. The summed E-state index contributed by atoms with van der Waals surface area (Å²) in [6, 6.07) is 16.2. The summed E-state index contributed by atoms with van der Waals surface area (Å²) >= 11 is 8.49. The standard InChI is InChI=1S/C17H12BrN3O2S/c18-11-6-8-13(9-7-11)21-16(23)14(15(22)20-17(21)24)10-19-12-4-2-1-3-5-12/h1-10,14H,(H,20,22,24)/t14-/m0/s1. The van der Waals surface area contributed by atoms with Gasteiger partial charge < -0.3 is 5.32 Å². The summed E-state index contributed by atoms with van der Waals surface area (Å²) < 4.78 is 0.882. The maximum Gasteiger partial charge on any atom is 0.251 e. The number of para-hydroxylation sites is 1. The molecular weight excluding hydrogens is 390 g/mol. The van der Waals surface area contributed by atoms with Gasteiger partial charge in [0.25, 0.3) is 5.91 Å². The van der Waals surface area contributed by atoms with E-state index in [9.17, 15) is 9.59 Å². The minimum absolute atomic E-state index is 0.0664. The Kier molecular flexibility index (Phi) is 4.82. The number of aliphatic imine (C=N–C) groups is 1. The van der Waals surface area contributed by atoms with Gasteiger partial charge >= 0.3 is 0 Å². The minimum atomic E-state index is -1.03. The molecule has 2 aromatic carbocycles. The van der Waals surface area contributed by atoms with Gasteiger partial charge in [0.1, 0.15) is 0 Å². The van der Waals surface area contributed by atoms with E-state index in [2.05, 4.69) is 26.2 Å². The summed E-state index contributed by atoms with van der Waals surface area (Å²) in [5.41, 5.74) is 1.26. The number of benzene rings is 2. The van der Waals surface area contributed by atoms with Gasteiger partial charge in [-0.15, -0.1) is 0 Å². The third kappa shape index (κ3) is 3.42. The monoisotopic (exact) mass is 401 g/mol. The second-order valence-electron chi connectivity index (χ2n) is 5.04. The normalized spacial score (nSPS) is 18.1. The van der Waals surface area contributed by atoms with Crippen LogP contribution >= 0.6 is 28.1 Å². The third-order valence-electron chi connectivity index (χ3n) is 3.42. The Morgan fingerprint density at radius 2 is 1.75 bits per heavy atom. The Hall–Kier alpha value is -2.38. The lowest BCUT2D eigenvalue weighted by Crippen LogP contribution is -2.58. The van der Waals surface area contributed by atoms with Crippen LogP contribution in [0, 0.1) is 5.92 Å². The van der Waals surface area contributed by atoms with Gasteiger partial charge in [-0.3, -0.25) is 19.5 Å². The van der Waals surface area contributed by atoms with E-state index in [1.807, 2.05) is 18.2 Å². The van der Waals surface area contributed by atoms with Crippen molar-refractivity contribution in [1.82, 2.24) is 5.32 Å². The van der Waals surface area contributed by atoms with Gasteiger partial charge in [-0.1, -0.05) is 34.1 Å². The van der Waals surface area contributed by atoms with Crippen LogP contribution in [0.15, 0.2) is 64.1 Å². The molecule has 0 aromatic heterocycles. The van der Waals surface area contributed by atoms with Gasteiger partial charge in [-0.05, 0) is 48.6 Å². The number of hydrogen-bond acceptors (Lipinski definition) is 4. The van der Waals surface area contributed by atoms with Crippen molar-refractivity contribution in [1.29, 1.82) is 0 Å². The fourth-order valence-electron chi connectivity index (χ4n) is 2.23. The van der Waals surface area contributed by atoms with Crippen molar-refractivity contribution >= 4 is 62.7 Å². The summed E-state index contributed by atoms with van der Waals surface area (Å²) in [7, 11) is 0. The smallest absolute Gasteiger partial charge is 0.251 e. The highest BCUT2D eigenvalue weighted by molar-refractivity contribution is 9.10. The minimum Gasteiger partial charge on any atom is -0.301 e. The summed E-state index contributed by atoms with van der Waals surface area (Å²) in [5, 5.41) is 2.62. The van der Waals surface area contributed by atoms with Gasteiger partial charge in [0.05, 0.1) is 11.4 Å². The van der Waals surface area contributed by atoms with Crippen molar-refractivity contribution < 1.29 is 9.59 Å². The lowest BCUT2D eigenvalue weighted by atomic mass is 10.1. The van der Waals surface area contributed by atoms with Gasteiger partial charge in [0, 0.05) is 10.7 Å². The lowest BCUT2D eigenvalue weighted by molar-refractivity contribution is -0.130. The average molecular weight is 402 g/mol. The predicted molar refractivity (Wildman–Crippen MR) is 100 cm³/mol. The molecule has 0 bridgehead atoms. The molecule has 5 nitrogen and oxygen atoms in total. The molecule has 1 N–H and O–H groups in total. The van der Waals surface area contributed by atoms with Crippen molar-refractivity contribution in [3.05, 3.63) is 59.1 Å². The molecule has 1 fully saturated rings. The molecule has 0 spiro atoms. The van der Waals surface area contributed by atoms with Crippen LogP contribution in [0.3, 0.4) is 0 Å². The second kappa shape index (κ2) is 7.02. The van der Waals surface area contributed by atoms with Gasteiger partial charge in [0.15, 0.2) is 11.0 Å². The Morgan fingerprint density at radius 1 is 1.08 bits per heavy atom. The molecule has 0 unspecified atom stereocenters.